The molecule has 0 fully saturated rings. The largest absolute Gasteiger partial charge is 0.416 e. The van der Waals surface area contributed by atoms with E-state index in [1.165, 1.54) is 37.2 Å². The molecule has 1 atom stereocenters. The smallest absolute Gasteiger partial charge is 0.378 e. The molecule has 1 aromatic carbocycles. The van der Waals surface area contributed by atoms with Crippen molar-refractivity contribution in [2.75, 3.05) is 13.6 Å². The van der Waals surface area contributed by atoms with Crippen LogP contribution < -0.4 is 5.73 Å². The number of carbonyl (C=O) groups is 2. The number of hydrogen-bond acceptors (Lipinski definition) is 5. The summed E-state index contributed by atoms with van der Waals surface area (Å²) in [5.41, 5.74) is 2.75. The van der Waals surface area contributed by atoms with Crippen LogP contribution >= 0.6 is 0 Å². The number of halogens is 3. The highest BCUT2D eigenvalue weighted by Crippen LogP contribution is 2.32. The van der Waals surface area contributed by atoms with Gasteiger partial charge in [0, 0.05) is 31.8 Å². The first-order valence-electron chi connectivity index (χ1n) is 9.68. The van der Waals surface area contributed by atoms with E-state index < -0.39 is 23.2 Å². The van der Waals surface area contributed by atoms with Crippen molar-refractivity contribution in [1.82, 2.24) is 19.7 Å². The van der Waals surface area contributed by atoms with E-state index in [-0.39, 0.29) is 40.9 Å². The molecular formula is C22H20F3N5O3. The molecule has 2 heterocycles. The minimum Gasteiger partial charge on any atom is -0.378 e. The zero-order chi connectivity index (χ0) is 24.4. The summed E-state index contributed by atoms with van der Waals surface area (Å²) in [5.74, 6) is 4.26. The molecule has 8 nitrogen and oxygen atoms in total. The number of alkyl halides is 3. The van der Waals surface area contributed by atoms with Gasteiger partial charge in [-0.2, -0.15) is 18.3 Å². The quantitative estimate of drug-likeness (QED) is 0.433. The van der Waals surface area contributed by atoms with Crippen molar-refractivity contribution in [3.63, 3.8) is 0 Å². The van der Waals surface area contributed by atoms with Gasteiger partial charge in [0.15, 0.2) is 11.3 Å². The second-order valence-corrected chi connectivity index (χ2v) is 7.63. The Morgan fingerprint density at radius 3 is 2.70 bits per heavy atom. The van der Waals surface area contributed by atoms with Crippen LogP contribution in [0.2, 0.25) is 0 Å². The van der Waals surface area contributed by atoms with Crippen molar-refractivity contribution in [1.29, 1.82) is 0 Å². The third-order valence-electron chi connectivity index (χ3n) is 4.77. The summed E-state index contributed by atoms with van der Waals surface area (Å²) in [6.07, 6.45) is -2.60. The third kappa shape index (κ3) is 5.48. The van der Waals surface area contributed by atoms with Crippen molar-refractivity contribution in [3.8, 4) is 17.5 Å². The van der Waals surface area contributed by atoms with Crippen molar-refractivity contribution in [2.24, 2.45) is 5.73 Å². The lowest BCUT2D eigenvalue weighted by atomic mass is 10.0. The molecule has 3 rings (SSSR count). The number of aromatic nitrogens is 3. The second kappa shape index (κ2) is 8.91. The van der Waals surface area contributed by atoms with Gasteiger partial charge >= 0.3 is 6.18 Å². The molecule has 0 aliphatic rings. The van der Waals surface area contributed by atoms with E-state index in [4.69, 9.17) is 5.73 Å². The number of benzene rings is 1. The molecule has 3 aromatic rings. The molecule has 0 aliphatic heterocycles. The number of amides is 2. The fourth-order valence-electron chi connectivity index (χ4n) is 3.00. The first kappa shape index (κ1) is 23.7. The van der Waals surface area contributed by atoms with Gasteiger partial charge in [-0.15, -0.1) is 0 Å². The van der Waals surface area contributed by atoms with Gasteiger partial charge in [-0.3, -0.25) is 9.59 Å². The van der Waals surface area contributed by atoms with Gasteiger partial charge < -0.3 is 15.7 Å². The van der Waals surface area contributed by atoms with Gasteiger partial charge in [-0.25, -0.2) is 9.67 Å². The topological polar surface area (TPSA) is 114 Å². The standard InChI is InChI=1S/C22H20F3N5O3/c1-21(33,7-9-29(2)13-31)6-5-14-10-15(22(23,24)25)12-16(11-14)30-20-17(4-3-8-27-20)18(28-30)19(26)32/h3-4,8,10-13,33H,7,9H2,1-2H3,(H2,26,32). The van der Waals surface area contributed by atoms with Gasteiger partial charge in [-0.1, -0.05) is 11.8 Å². The van der Waals surface area contributed by atoms with E-state index >= 15 is 0 Å². The molecule has 172 valence electrons. The first-order chi connectivity index (χ1) is 15.4. The number of fused-ring (bicyclic) bond motifs is 1. The Labute approximate surface area is 186 Å². The van der Waals surface area contributed by atoms with Crippen LogP contribution in [0, 0.1) is 11.8 Å². The van der Waals surface area contributed by atoms with Crippen LogP contribution in [0.1, 0.15) is 35.0 Å². The van der Waals surface area contributed by atoms with Crippen molar-refractivity contribution in [2.45, 2.75) is 25.1 Å². The monoisotopic (exact) mass is 459 g/mol. The molecule has 0 spiro atoms. The fourth-order valence-corrected chi connectivity index (χ4v) is 3.00. The molecule has 0 saturated carbocycles. The number of primary amides is 1. The number of rotatable bonds is 6. The van der Waals surface area contributed by atoms with Crippen molar-refractivity contribution in [3.05, 3.63) is 53.3 Å². The average molecular weight is 459 g/mol. The van der Waals surface area contributed by atoms with E-state index in [0.717, 1.165) is 16.8 Å². The summed E-state index contributed by atoms with van der Waals surface area (Å²) in [6, 6.07) is 6.12. The molecule has 3 N–H and O–H groups in total. The number of hydrogen-bond donors (Lipinski definition) is 2. The average Bonchev–Trinajstić information content (AvgIpc) is 3.15. The van der Waals surface area contributed by atoms with Crippen LogP contribution in [0.25, 0.3) is 16.7 Å². The Hall–Kier alpha value is -3.91. The van der Waals surface area contributed by atoms with E-state index in [9.17, 15) is 27.9 Å². The summed E-state index contributed by atoms with van der Waals surface area (Å²) in [7, 11) is 1.53. The van der Waals surface area contributed by atoms with Gasteiger partial charge in [-0.05, 0) is 37.3 Å². The van der Waals surface area contributed by atoms with Crippen LogP contribution in [0.5, 0.6) is 0 Å². The molecule has 0 aliphatic carbocycles. The Bertz CT molecular complexity index is 1270. The maximum absolute atomic E-state index is 13.6. The minimum absolute atomic E-state index is 0.0364. The van der Waals surface area contributed by atoms with Crippen LogP contribution in [0.4, 0.5) is 13.2 Å². The highest BCUT2D eigenvalue weighted by molar-refractivity contribution is 6.03. The van der Waals surface area contributed by atoms with Gasteiger partial charge in [0.1, 0.15) is 5.60 Å². The minimum atomic E-state index is -4.69. The van der Waals surface area contributed by atoms with E-state index in [1.807, 2.05) is 0 Å². The molecule has 2 aromatic heterocycles. The zero-order valence-electron chi connectivity index (χ0n) is 17.7. The van der Waals surface area contributed by atoms with Crippen LogP contribution in [0.3, 0.4) is 0 Å². The molecule has 1 unspecified atom stereocenters. The summed E-state index contributed by atoms with van der Waals surface area (Å²) in [4.78, 5) is 27.9. The Morgan fingerprint density at radius 1 is 1.33 bits per heavy atom. The van der Waals surface area contributed by atoms with E-state index in [0.29, 0.717) is 6.41 Å². The Balaban J connectivity index is 2.11. The van der Waals surface area contributed by atoms with Crippen molar-refractivity contribution >= 4 is 23.4 Å². The molecule has 0 bridgehead atoms. The lowest BCUT2D eigenvalue weighted by Crippen LogP contribution is -2.29. The summed E-state index contributed by atoms with van der Waals surface area (Å²) < 4.78 is 41.8. The van der Waals surface area contributed by atoms with E-state index in [2.05, 4.69) is 21.9 Å². The van der Waals surface area contributed by atoms with Gasteiger partial charge in [0.05, 0.1) is 16.6 Å². The maximum atomic E-state index is 13.6. The molecule has 2 amide bonds. The van der Waals surface area contributed by atoms with Gasteiger partial charge in [0.2, 0.25) is 6.41 Å². The normalized spacial score (nSPS) is 13.2. The molecule has 11 heteroatoms. The summed E-state index contributed by atoms with van der Waals surface area (Å²) in [5, 5.41) is 14.8. The number of pyridine rings is 1. The Kier molecular flexibility index (Phi) is 6.41. The summed E-state index contributed by atoms with van der Waals surface area (Å²) in [6.45, 7) is 1.61. The lowest BCUT2D eigenvalue weighted by molar-refractivity contribution is -0.137. The highest BCUT2D eigenvalue weighted by Gasteiger charge is 2.32. The van der Waals surface area contributed by atoms with E-state index in [1.54, 1.807) is 6.07 Å². The molecule has 0 saturated heterocycles. The van der Waals surface area contributed by atoms with Gasteiger partial charge in [0.25, 0.3) is 5.91 Å². The van der Waals surface area contributed by atoms with Crippen LogP contribution in [0.15, 0.2) is 36.5 Å². The molecular weight excluding hydrogens is 439 g/mol. The highest BCUT2D eigenvalue weighted by atomic mass is 19.4. The number of aliphatic hydroxyl groups is 1. The number of carbonyl (C=O) groups excluding carboxylic acids is 2. The predicted octanol–water partition coefficient (Wildman–Crippen LogP) is 2.12. The predicted molar refractivity (Wildman–Crippen MR) is 113 cm³/mol. The SMILES string of the molecule is CN(C=O)CCC(C)(O)C#Cc1cc(-n2nc(C(N)=O)c3cccnc32)cc(C(F)(F)F)c1. The van der Waals surface area contributed by atoms with Crippen LogP contribution in [-0.2, 0) is 11.0 Å². The van der Waals surface area contributed by atoms with Crippen molar-refractivity contribution < 1.29 is 27.9 Å². The summed E-state index contributed by atoms with van der Waals surface area (Å²) >= 11 is 0. The number of nitrogens with zero attached hydrogens (tertiary/aromatic N) is 4. The molecule has 0 radical (unpaired) electrons. The van der Waals surface area contributed by atoms with Crippen LogP contribution in [-0.4, -0.2) is 56.3 Å². The molecule has 33 heavy (non-hydrogen) atoms. The maximum Gasteiger partial charge on any atom is 0.416 e. The fraction of sp³-hybridized carbons (Fsp3) is 0.273. The second-order valence-electron chi connectivity index (χ2n) is 7.63. The number of nitrogens with two attached hydrogens (primary N) is 1. The first-order valence-corrected chi connectivity index (χ1v) is 9.68. The lowest BCUT2D eigenvalue weighted by Gasteiger charge is -2.19. The Morgan fingerprint density at radius 2 is 2.06 bits per heavy atom. The third-order valence-corrected chi connectivity index (χ3v) is 4.77. The zero-order valence-corrected chi connectivity index (χ0v) is 17.7.